The summed E-state index contributed by atoms with van der Waals surface area (Å²) in [4.78, 5) is 16.9. The number of hydrogen-bond acceptors (Lipinski definition) is 4. The van der Waals surface area contributed by atoms with Gasteiger partial charge in [0, 0.05) is 73.0 Å². The van der Waals surface area contributed by atoms with Crippen LogP contribution in [0.2, 0.25) is 0 Å². The Bertz CT molecular complexity index is 824. The fourth-order valence-corrected chi connectivity index (χ4v) is 4.35. The molecule has 0 atom stereocenters. The van der Waals surface area contributed by atoms with Crippen molar-refractivity contribution >= 4 is 28.1 Å². The first-order chi connectivity index (χ1) is 12.9. The molecule has 144 valence electrons. The molecule has 0 spiro atoms. The highest BCUT2D eigenvalue weighted by Crippen LogP contribution is 2.23. The monoisotopic (exact) mass is 385 g/mol. The van der Waals surface area contributed by atoms with Crippen LogP contribution in [-0.4, -0.2) is 53.7 Å². The van der Waals surface area contributed by atoms with Crippen LogP contribution in [0.3, 0.4) is 0 Å². The fourth-order valence-electron chi connectivity index (χ4n) is 3.23. The molecule has 0 bridgehead atoms. The van der Waals surface area contributed by atoms with Gasteiger partial charge in [0.15, 0.2) is 0 Å². The van der Waals surface area contributed by atoms with E-state index in [9.17, 15) is 9.00 Å². The van der Waals surface area contributed by atoms with Gasteiger partial charge >= 0.3 is 0 Å². The van der Waals surface area contributed by atoms with E-state index in [2.05, 4.69) is 17.1 Å². The van der Waals surface area contributed by atoms with Crippen LogP contribution < -0.4 is 10.2 Å². The van der Waals surface area contributed by atoms with E-state index >= 15 is 0 Å². The van der Waals surface area contributed by atoms with Crippen molar-refractivity contribution < 1.29 is 9.00 Å². The van der Waals surface area contributed by atoms with Crippen molar-refractivity contribution in [1.82, 2.24) is 4.90 Å². The Kier molecular flexibility index (Phi) is 6.29. The quantitative estimate of drug-likeness (QED) is 0.860. The summed E-state index contributed by atoms with van der Waals surface area (Å²) in [7, 11) is 3.33. The lowest BCUT2D eigenvalue weighted by Crippen LogP contribution is -2.37. The Balaban J connectivity index is 1.62. The molecule has 0 radical (unpaired) electrons. The first-order valence-electron chi connectivity index (χ1n) is 9.18. The zero-order valence-electron chi connectivity index (χ0n) is 16.2. The second-order valence-electron chi connectivity index (χ2n) is 7.17. The predicted molar refractivity (Wildman–Crippen MR) is 113 cm³/mol. The zero-order valence-corrected chi connectivity index (χ0v) is 17.0. The van der Waals surface area contributed by atoms with E-state index in [0.717, 1.165) is 42.5 Å². The van der Waals surface area contributed by atoms with Crippen LogP contribution in [-0.2, 0) is 17.3 Å². The first kappa shape index (κ1) is 19.6. The van der Waals surface area contributed by atoms with Gasteiger partial charge in [-0.1, -0.05) is 18.2 Å². The lowest BCUT2D eigenvalue weighted by molar-refractivity contribution is 0.102. The Labute approximate surface area is 163 Å². The minimum Gasteiger partial charge on any atom is -0.377 e. The lowest BCUT2D eigenvalue weighted by atomic mass is 10.1. The van der Waals surface area contributed by atoms with Crippen molar-refractivity contribution in [3.63, 3.8) is 0 Å². The van der Waals surface area contributed by atoms with Gasteiger partial charge in [-0.15, -0.1) is 0 Å². The number of nitrogens with zero attached hydrogens (tertiary/aromatic N) is 2. The van der Waals surface area contributed by atoms with Crippen molar-refractivity contribution in [2.24, 2.45) is 0 Å². The topological polar surface area (TPSA) is 52.7 Å². The number of aryl methyl sites for hydroxylation is 1. The molecule has 3 rings (SSSR count). The van der Waals surface area contributed by atoms with E-state index in [1.54, 1.807) is 0 Å². The second-order valence-corrected chi connectivity index (χ2v) is 8.87. The molecule has 0 aliphatic carbocycles. The van der Waals surface area contributed by atoms with Gasteiger partial charge in [-0.25, -0.2) is 0 Å². The molecule has 1 amide bonds. The molecule has 5 nitrogen and oxygen atoms in total. The van der Waals surface area contributed by atoms with Gasteiger partial charge in [0.25, 0.3) is 5.91 Å². The van der Waals surface area contributed by atoms with E-state index in [4.69, 9.17) is 0 Å². The molecule has 2 aromatic carbocycles. The summed E-state index contributed by atoms with van der Waals surface area (Å²) >= 11 is 0. The summed E-state index contributed by atoms with van der Waals surface area (Å²) in [6.07, 6.45) is 0. The van der Waals surface area contributed by atoms with Crippen LogP contribution in [0, 0.1) is 6.92 Å². The van der Waals surface area contributed by atoms with Crippen molar-refractivity contribution in [1.29, 1.82) is 0 Å². The van der Waals surface area contributed by atoms with Crippen molar-refractivity contribution in [2.75, 3.05) is 48.9 Å². The summed E-state index contributed by atoms with van der Waals surface area (Å²) in [6.45, 7) is 4.63. The van der Waals surface area contributed by atoms with E-state index in [1.165, 1.54) is 11.1 Å². The van der Waals surface area contributed by atoms with Gasteiger partial charge in [-0.3, -0.25) is 13.9 Å². The van der Waals surface area contributed by atoms with Crippen LogP contribution >= 0.6 is 0 Å². The van der Waals surface area contributed by atoms with Crippen LogP contribution in [0.5, 0.6) is 0 Å². The average molecular weight is 386 g/mol. The van der Waals surface area contributed by atoms with E-state index in [0.29, 0.717) is 5.56 Å². The number of carbonyl (C=O) groups excluding carboxylic acids is 1. The maximum absolute atomic E-state index is 12.5. The van der Waals surface area contributed by atoms with E-state index < -0.39 is 10.8 Å². The van der Waals surface area contributed by atoms with Gasteiger partial charge in [0.05, 0.1) is 0 Å². The number of hydrogen-bond donors (Lipinski definition) is 1. The van der Waals surface area contributed by atoms with Crippen molar-refractivity contribution in [3.05, 3.63) is 59.2 Å². The molecule has 1 aliphatic rings. The Morgan fingerprint density at radius 3 is 2.41 bits per heavy atom. The Morgan fingerprint density at radius 2 is 1.78 bits per heavy atom. The standard InChI is InChI=1S/C21H27N3O2S/c1-16-4-9-19(14-20(16)23(2)3)22-21(25)18-7-5-17(6-8-18)15-24-10-12-27(26)13-11-24/h4-9,14H,10-13,15H2,1-3H3,(H,22,25). The van der Waals surface area contributed by atoms with Gasteiger partial charge < -0.3 is 10.2 Å². The number of carbonyl (C=O) groups is 1. The molecule has 1 aliphatic heterocycles. The normalized spacial score (nSPS) is 15.5. The smallest absolute Gasteiger partial charge is 0.255 e. The summed E-state index contributed by atoms with van der Waals surface area (Å²) < 4.78 is 11.4. The molecule has 1 N–H and O–H groups in total. The summed E-state index contributed by atoms with van der Waals surface area (Å²) in [5.41, 5.74) is 4.86. The van der Waals surface area contributed by atoms with Gasteiger partial charge in [0.2, 0.25) is 0 Å². The maximum Gasteiger partial charge on any atom is 0.255 e. The fraction of sp³-hybridized carbons (Fsp3) is 0.381. The van der Waals surface area contributed by atoms with Crippen molar-refractivity contribution in [3.8, 4) is 0 Å². The number of anilines is 2. The predicted octanol–water partition coefficient (Wildman–Crippen LogP) is 2.88. The van der Waals surface area contributed by atoms with Crippen LogP contribution in [0.25, 0.3) is 0 Å². The van der Waals surface area contributed by atoms with Crippen LogP contribution in [0.4, 0.5) is 11.4 Å². The molecule has 1 heterocycles. The van der Waals surface area contributed by atoms with Crippen LogP contribution in [0.15, 0.2) is 42.5 Å². The van der Waals surface area contributed by atoms with Crippen LogP contribution in [0.1, 0.15) is 21.5 Å². The van der Waals surface area contributed by atoms with E-state index in [-0.39, 0.29) is 5.91 Å². The lowest BCUT2D eigenvalue weighted by Gasteiger charge is -2.26. The Morgan fingerprint density at radius 1 is 1.11 bits per heavy atom. The highest BCUT2D eigenvalue weighted by molar-refractivity contribution is 7.85. The van der Waals surface area contributed by atoms with Crippen molar-refractivity contribution in [2.45, 2.75) is 13.5 Å². The SMILES string of the molecule is Cc1ccc(NC(=O)c2ccc(CN3CCS(=O)CC3)cc2)cc1N(C)C. The summed E-state index contributed by atoms with van der Waals surface area (Å²) in [5, 5.41) is 2.98. The molecular formula is C21H27N3O2S. The highest BCUT2D eigenvalue weighted by atomic mass is 32.2. The number of benzene rings is 2. The second kappa shape index (κ2) is 8.67. The minimum absolute atomic E-state index is 0.108. The number of amides is 1. The van der Waals surface area contributed by atoms with Gasteiger partial charge in [-0.05, 0) is 42.3 Å². The minimum atomic E-state index is -0.652. The molecule has 27 heavy (non-hydrogen) atoms. The summed E-state index contributed by atoms with van der Waals surface area (Å²) in [5.74, 6) is 1.40. The molecule has 0 unspecified atom stereocenters. The molecule has 1 saturated heterocycles. The largest absolute Gasteiger partial charge is 0.377 e. The van der Waals surface area contributed by atoms with Gasteiger partial charge in [-0.2, -0.15) is 0 Å². The molecule has 6 heteroatoms. The highest BCUT2D eigenvalue weighted by Gasteiger charge is 2.15. The molecule has 1 fully saturated rings. The zero-order chi connectivity index (χ0) is 19.4. The third-order valence-corrected chi connectivity index (χ3v) is 6.12. The third-order valence-electron chi connectivity index (χ3n) is 4.84. The molecule has 0 aromatic heterocycles. The molecular weight excluding hydrogens is 358 g/mol. The maximum atomic E-state index is 12.5. The summed E-state index contributed by atoms with van der Waals surface area (Å²) in [6, 6.07) is 13.7. The average Bonchev–Trinajstić information content (AvgIpc) is 2.65. The number of nitrogens with one attached hydrogen (secondary N) is 1. The molecule has 2 aromatic rings. The Hall–Kier alpha value is -2.18. The molecule has 0 saturated carbocycles. The first-order valence-corrected chi connectivity index (χ1v) is 10.7. The number of rotatable bonds is 5. The van der Waals surface area contributed by atoms with Gasteiger partial charge in [0.1, 0.15) is 0 Å². The van der Waals surface area contributed by atoms with E-state index in [1.807, 2.05) is 61.5 Å². The third kappa shape index (κ3) is 5.17.